The Labute approximate surface area is 242 Å². The fourth-order valence-corrected chi connectivity index (χ4v) is 5.95. The summed E-state index contributed by atoms with van der Waals surface area (Å²) < 4.78 is 19.2. The third-order valence-electron chi connectivity index (χ3n) is 6.81. The lowest BCUT2D eigenvalue weighted by molar-refractivity contribution is -0.136. The van der Waals surface area contributed by atoms with Crippen molar-refractivity contribution >= 4 is 23.4 Å². The van der Waals surface area contributed by atoms with E-state index in [1.807, 2.05) is 80.6 Å². The number of nitrogens with zero attached hydrogens (tertiary/aromatic N) is 2. The summed E-state index contributed by atoms with van der Waals surface area (Å²) in [6, 6.07) is 22.7. The normalized spacial score (nSPS) is 14.8. The molecular formula is C33H32N2O5S. The number of rotatable bonds is 9. The zero-order valence-corrected chi connectivity index (χ0v) is 24.4. The number of benzene rings is 3. The van der Waals surface area contributed by atoms with Crippen molar-refractivity contribution in [3.05, 3.63) is 126 Å². The molecule has 1 atom stereocenters. The Balaban J connectivity index is 1.56. The monoisotopic (exact) mass is 568 g/mol. The number of thiazole rings is 1. The van der Waals surface area contributed by atoms with Crippen LogP contribution in [0.4, 0.5) is 0 Å². The summed E-state index contributed by atoms with van der Waals surface area (Å²) in [5.41, 5.74) is 4.63. The number of fused-ring (bicyclic) bond motifs is 1. The average molecular weight is 569 g/mol. The predicted octanol–water partition coefficient (Wildman–Crippen LogP) is 5.08. The highest BCUT2D eigenvalue weighted by Gasteiger charge is 2.33. The maximum atomic E-state index is 13.9. The van der Waals surface area contributed by atoms with Gasteiger partial charge in [0.1, 0.15) is 6.61 Å². The molecule has 0 saturated carbocycles. The quantitative estimate of drug-likeness (QED) is 0.263. The minimum Gasteiger partial charge on any atom is -0.490 e. The second-order valence-corrected chi connectivity index (χ2v) is 10.6. The zero-order valence-electron chi connectivity index (χ0n) is 23.5. The van der Waals surface area contributed by atoms with Gasteiger partial charge in [-0.3, -0.25) is 9.36 Å². The third kappa shape index (κ3) is 5.88. The molecule has 2 heterocycles. The van der Waals surface area contributed by atoms with E-state index >= 15 is 0 Å². The summed E-state index contributed by atoms with van der Waals surface area (Å²) in [7, 11) is 1.35. The predicted molar refractivity (Wildman–Crippen MR) is 160 cm³/mol. The van der Waals surface area contributed by atoms with Crippen molar-refractivity contribution in [1.29, 1.82) is 0 Å². The molecule has 41 heavy (non-hydrogen) atoms. The number of allylic oxidation sites excluding steroid dienone is 1. The summed E-state index contributed by atoms with van der Waals surface area (Å²) in [6.45, 7) is 6.80. The van der Waals surface area contributed by atoms with Crippen LogP contribution in [0, 0.1) is 6.92 Å². The van der Waals surface area contributed by atoms with Crippen molar-refractivity contribution in [3.63, 3.8) is 0 Å². The average Bonchev–Trinajstić information content (AvgIpc) is 3.30. The van der Waals surface area contributed by atoms with Crippen LogP contribution in [-0.4, -0.2) is 24.3 Å². The van der Waals surface area contributed by atoms with Crippen molar-refractivity contribution in [1.82, 2.24) is 4.57 Å². The molecule has 210 valence electrons. The highest BCUT2D eigenvalue weighted by molar-refractivity contribution is 7.07. The Kier molecular flexibility index (Phi) is 8.50. The molecule has 0 saturated heterocycles. The molecule has 0 bridgehead atoms. The van der Waals surface area contributed by atoms with Crippen LogP contribution in [0.15, 0.2) is 93.9 Å². The minimum absolute atomic E-state index is 0.225. The van der Waals surface area contributed by atoms with Crippen LogP contribution < -0.4 is 24.4 Å². The summed E-state index contributed by atoms with van der Waals surface area (Å²) in [6.07, 6.45) is 2.35. The lowest BCUT2D eigenvalue weighted by Crippen LogP contribution is -2.40. The lowest BCUT2D eigenvalue weighted by Gasteiger charge is -2.25. The summed E-state index contributed by atoms with van der Waals surface area (Å²) >= 11 is 1.30. The number of carbonyl (C=O) groups is 1. The molecule has 4 aromatic rings. The van der Waals surface area contributed by atoms with E-state index < -0.39 is 12.0 Å². The van der Waals surface area contributed by atoms with Crippen LogP contribution in [0.3, 0.4) is 0 Å². The van der Waals surface area contributed by atoms with Crippen LogP contribution in [0.25, 0.3) is 6.08 Å². The van der Waals surface area contributed by atoms with Crippen molar-refractivity contribution in [2.24, 2.45) is 4.99 Å². The molecule has 3 aromatic carbocycles. The van der Waals surface area contributed by atoms with Gasteiger partial charge in [-0.1, -0.05) is 84.5 Å². The van der Waals surface area contributed by atoms with E-state index in [9.17, 15) is 9.59 Å². The number of aryl methyl sites for hydroxylation is 1. The van der Waals surface area contributed by atoms with Crippen LogP contribution in [0.2, 0.25) is 0 Å². The molecule has 5 rings (SSSR count). The first-order chi connectivity index (χ1) is 19.9. The molecule has 8 heteroatoms. The SMILES string of the molecule is CCOc1cc(/C=c2\sc3n(c2=O)[C@H](c2ccccc2)C(C(=O)OC)=C(CC)N=3)ccc1OCc1cccc(C)c1. The van der Waals surface area contributed by atoms with E-state index in [2.05, 4.69) is 19.1 Å². The van der Waals surface area contributed by atoms with Crippen molar-refractivity contribution in [2.75, 3.05) is 13.7 Å². The van der Waals surface area contributed by atoms with Gasteiger partial charge in [-0.25, -0.2) is 9.79 Å². The first kappa shape index (κ1) is 28.1. The fraction of sp³-hybridized carbons (Fsp3) is 0.242. The van der Waals surface area contributed by atoms with E-state index in [1.54, 1.807) is 4.57 Å². The molecule has 0 amide bonds. The number of esters is 1. The van der Waals surface area contributed by atoms with Crippen LogP contribution in [-0.2, 0) is 16.1 Å². The molecule has 0 fully saturated rings. The number of hydrogen-bond acceptors (Lipinski definition) is 7. The fourth-order valence-electron chi connectivity index (χ4n) is 4.93. The van der Waals surface area contributed by atoms with Gasteiger partial charge in [-0.2, -0.15) is 0 Å². The molecule has 0 aliphatic carbocycles. The van der Waals surface area contributed by atoms with Crippen LogP contribution in [0.5, 0.6) is 11.5 Å². The Morgan fingerprint density at radius 3 is 2.51 bits per heavy atom. The largest absolute Gasteiger partial charge is 0.490 e. The van der Waals surface area contributed by atoms with Gasteiger partial charge in [0.15, 0.2) is 16.3 Å². The van der Waals surface area contributed by atoms with Gasteiger partial charge >= 0.3 is 5.97 Å². The third-order valence-corrected chi connectivity index (χ3v) is 7.79. The molecule has 1 aliphatic heterocycles. The maximum Gasteiger partial charge on any atom is 0.338 e. The van der Waals surface area contributed by atoms with Gasteiger partial charge in [-0.05, 0) is 55.2 Å². The number of hydrogen-bond donors (Lipinski definition) is 0. The highest BCUT2D eigenvalue weighted by Crippen LogP contribution is 2.32. The number of methoxy groups -OCH3 is 1. The minimum atomic E-state index is -0.631. The zero-order chi connectivity index (χ0) is 28.9. The van der Waals surface area contributed by atoms with Gasteiger partial charge in [0.2, 0.25) is 0 Å². The molecule has 7 nitrogen and oxygen atoms in total. The standard InChI is InChI=1S/C33H32N2O5S/c1-5-25-29(32(37)38-4)30(24-13-8-7-9-14-24)35-31(36)28(41-33(35)34-25)19-22-15-16-26(27(18-22)39-6-2)40-20-23-12-10-11-21(3)17-23/h7-19,30H,5-6,20H2,1-4H3/b28-19-/t30-/m1/s1. The molecule has 0 spiro atoms. The maximum absolute atomic E-state index is 13.9. The van der Waals surface area contributed by atoms with E-state index in [-0.39, 0.29) is 5.56 Å². The number of aromatic nitrogens is 1. The van der Waals surface area contributed by atoms with Gasteiger partial charge in [0, 0.05) is 0 Å². The molecule has 1 aromatic heterocycles. The van der Waals surface area contributed by atoms with Crippen molar-refractivity contribution in [2.45, 2.75) is 39.8 Å². The van der Waals surface area contributed by atoms with Gasteiger partial charge in [0.25, 0.3) is 5.56 Å². The summed E-state index contributed by atoms with van der Waals surface area (Å²) in [4.78, 5) is 32.1. The van der Waals surface area contributed by atoms with E-state index in [0.717, 1.165) is 16.7 Å². The number of ether oxygens (including phenoxy) is 3. The molecule has 0 N–H and O–H groups in total. The highest BCUT2D eigenvalue weighted by atomic mass is 32.1. The van der Waals surface area contributed by atoms with E-state index in [4.69, 9.17) is 19.2 Å². The topological polar surface area (TPSA) is 79.1 Å². The lowest BCUT2D eigenvalue weighted by atomic mass is 9.95. The molecular weight excluding hydrogens is 536 g/mol. The second kappa shape index (κ2) is 12.4. The Bertz CT molecular complexity index is 1790. The molecule has 1 aliphatic rings. The van der Waals surface area contributed by atoms with Gasteiger partial charge in [-0.15, -0.1) is 0 Å². The van der Waals surface area contributed by atoms with Crippen LogP contribution in [0.1, 0.15) is 48.6 Å². The van der Waals surface area contributed by atoms with Crippen molar-refractivity contribution < 1.29 is 19.0 Å². The Morgan fingerprint density at radius 1 is 1.00 bits per heavy atom. The first-order valence-corrected chi connectivity index (χ1v) is 14.4. The van der Waals surface area contributed by atoms with Gasteiger partial charge in [0.05, 0.1) is 35.6 Å². The van der Waals surface area contributed by atoms with Crippen molar-refractivity contribution in [3.8, 4) is 11.5 Å². The Hall–Kier alpha value is -4.43. The molecule has 0 unspecified atom stereocenters. The first-order valence-electron chi connectivity index (χ1n) is 13.6. The van der Waals surface area contributed by atoms with Crippen LogP contribution >= 0.6 is 11.3 Å². The Morgan fingerprint density at radius 2 is 1.80 bits per heavy atom. The summed E-state index contributed by atoms with van der Waals surface area (Å²) in [5.74, 6) is 0.743. The van der Waals surface area contributed by atoms with Gasteiger partial charge < -0.3 is 14.2 Å². The van der Waals surface area contributed by atoms with E-state index in [0.29, 0.717) is 51.7 Å². The van der Waals surface area contributed by atoms with E-state index in [1.165, 1.54) is 24.0 Å². The summed E-state index contributed by atoms with van der Waals surface area (Å²) in [5, 5.41) is 0. The molecule has 0 radical (unpaired) electrons. The smallest absolute Gasteiger partial charge is 0.338 e. The second-order valence-electron chi connectivity index (χ2n) is 9.62. The number of carbonyl (C=O) groups excluding carboxylic acids is 1.